The van der Waals surface area contributed by atoms with Gasteiger partial charge in [-0.2, -0.15) is 0 Å². The number of esters is 1. The summed E-state index contributed by atoms with van der Waals surface area (Å²) < 4.78 is 12.0. The third-order valence-electron chi connectivity index (χ3n) is 7.35. The fraction of sp³-hybridized carbons (Fsp3) is 0.731. The van der Waals surface area contributed by atoms with E-state index in [-0.39, 0.29) is 25.0 Å². The van der Waals surface area contributed by atoms with Crippen molar-refractivity contribution in [2.24, 2.45) is 11.8 Å². The summed E-state index contributed by atoms with van der Waals surface area (Å²) in [4.78, 5) is 43.9. The zero-order valence-corrected chi connectivity index (χ0v) is 20.5. The molecule has 0 aliphatic carbocycles. The van der Waals surface area contributed by atoms with E-state index in [1.165, 1.54) is 0 Å². The van der Waals surface area contributed by atoms with Crippen LogP contribution in [0.1, 0.15) is 58.3 Å². The lowest BCUT2D eigenvalue weighted by molar-refractivity contribution is -0.155. The summed E-state index contributed by atoms with van der Waals surface area (Å²) in [5, 5.41) is 9.42. The molecule has 3 aliphatic rings. The number of rotatable bonds is 15. The van der Waals surface area contributed by atoms with E-state index in [0.29, 0.717) is 39.0 Å². The summed E-state index contributed by atoms with van der Waals surface area (Å²) in [7, 11) is 0. The predicted octanol–water partition coefficient (Wildman–Crippen LogP) is 2.46. The fourth-order valence-corrected chi connectivity index (χ4v) is 5.81. The van der Waals surface area contributed by atoms with E-state index in [9.17, 15) is 19.5 Å². The number of amides is 2. The average molecular weight is 477 g/mol. The number of fused-ring (bicyclic) bond motifs is 1. The summed E-state index contributed by atoms with van der Waals surface area (Å²) in [6.45, 7) is 11.0. The molecular formula is C26H40N2O6. The van der Waals surface area contributed by atoms with Crippen LogP contribution < -0.4 is 0 Å². The highest BCUT2D eigenvalue weighted by molar-refractivity contribution is 5.98. The number of aliphatic hydroxyl groups is 1. The van der Waals surface area contributed by atoms with Gasteiger partial charge in [0.1, 0.15) is 11.6 Å². The highest BCUT2D eigenvalue weighted by Gasteiger charge is 2.74. The van der Waals surface area contributed by atoms with Crippen molar-refractivity contribution >= 4 is 17.8 Å². The summed E-state index contributed by atoms with van der Waals surface area (Å²) in [5.41, 5.74) is -1.02. The van der Waals surface area contributed by atoms with Crippen LogP contribution in [-0.4, -0.2) is 83.3 Å². The van der Waals surface area contributed by atoms with Crippen molar-refractivity contribution in [3.05, 3.63) is 25.3 Å². The van der Waals surface area contributed by atoms with Crippen LogP contribution in [0.15, 0.2) is 25.3 Å². The second-order valence-electron chi connectivity index (χ2n) is 9.54. The minimum Gasteiger partial charge on any atom is -0.465 e. The maximum absolute atomic E-state index is 13.9. The van der Waals surface area contributed by atoms with Gasteiger partial charge in [0.15, 0.2) is 0 Å². The molecule has 2 amide bonds. The van der Waals surface area contributed by atoms with Crippen LogP contribution in [0.25, 0.3) is 0 Å². The second-order valence-corrected chi connectivity index (χ2v) is 9.54. The maximum Gasteiger partial charge on any atom is 0.312 e. The smallest absolute Gasteiger partial charge is 0.312 e. The van der Waals surface area contributed by atoms with E-state index < -0.39 is 35.6 Å². The molecule has 0 radical (unpaired) electrons. The van der Waals surface area contributed by atoms with Crippen LogP contribution in [0.3, 0.4) is 0 Å². The van der Waals surface area contributed by atoms with Crippen LogP contribution in [-0.2, 0) is 23.9 Å². The van der Waals surface area contributed by atoms with Gasteiger partial charge < -0.3 is 24.4 Å². The molecule has 3 aliphatic heterocycles. The Balaban J connectivity index is 1.85. The summed E-state index contributed by atoms with van der Waals surface area (Å²) in [5.74, 6) is -2.24. The van der Waals surface area contributed by atoms with E-state index >= 15 is 0 Å². The van der Waals surface area contributed by atoms with Gasteiger partial charge in [-0.1, -0.05) is 25.5 Å². The lowest BCUT2D eigenvalue weighted by Crippen LogP contribution is -2.56. The predicted molar refractivity (Wildman–Crippen MR) is 128 cm³/mol. The Morgan fingerprint density at radius 1 is 1.26 bits per heavy atom. The van der Waals surface area contributed by atoms with Crippen molar-refractivity contribution in [2.75, 3.05) is 32.8 Å². The van der Waals surface area contributed by atoms with E-state index in [4.69, 9.17) is 9.47 Å². The minimum absolute atomic E-state index is 0.0891. The van der Waals surface area contributed by atoms with E-state index in [2.05, 4.69) is 20.1 Å². The number of unbranched alkanes of at least 4 members (excludes halogenated alkanes) is 3. The number of hydrogen-bond acceptors (Lipinski definition) is 6. The minimum atomic E-state index is -1.02. The van der Waals surface area contributed by atoms with Gasteiger partial charge in [0.2, 0.25) is 11.8 Å². The number of allylic oxidation sites excluding steroid dienone is 1. The first-order valence-corrected chi connectivity index (χ1v) is 12.7. The van der Waals surface area contributed by atoms with Crippen molar-refractivity contribution in [3.63, 3.8) is 0 Å². The van der Waals surface area contributed by atoms with Gasteiger partial charge in [-0.15, -0.1) is 13.2 Å². The molecule has 1 N–H and O–H groups in total. The molecule has 0 aromatic carbocycles. The molecule has 0 saturated carbocycles. The third kappa shape index (κ3) is 4.93. The van der Waals surface area contributed by atoms with Gasteiger partial charge in [0.25, 0.3) is 0 Å². The topological polar surface area (TPSA) is 96.4 Å². The fourth-order valence-electron chi connectivity index (χ4n) is 5.81. The molecule has 0 aromatic heterocycles. The summed E-state index contributed by atoms with van der Waals surface area (Å²) in [6.07, 6.45) is 8.91. The number of carbonyl (C=O) groups is 3. The Morgan fingerprint density at radius 3 is 2.74 bits per heavy atom. The van der Waals surface area contributed by atoms with Gasteiger partial charge in [0, 0.05) is 26.2 Å². The van der Waals surface area contributed by atoms with Gasteiger partial charge in [-0.3, -0.25) is 14.4 Å². The largest absolute Gasteiger partial charge is 0.465 e. The molecule has 0 aromatic rings. The Morgan fingerprint density at radius 2 is 2.06 bits per heavy atom. The molecule has 2 unspecified atom stereocenters. The number of aliphatic hydroxyl groups excluding tert-OH is 1. The van der Waals surface area contributed by atoms with Gasteiger partial charge in [0.05, 0.1) is 24.5 Å². The molecule has 5 atom stereocenters. The SMILES string of the molecule is C=CCCCCOC(=O)[C@@H]1[C@@H]2CCC3(O2)C(C(=O)N(CC=C)CCCC)N(CCCO)C(=O)[C@H]13. The van der Waals surface area contributed by atoms with Gasteiger partial charge in [-0.05, 0) is 44.9 Å². The zero-order valence-electron chi connectivity index (χ0n) is 20.5. The van der Waals surface area contributed by atoms with E-state index in [1.807, 2.05) is 6.08 Å². The Kier molecular flexibility index (Phi) is 9.31. The Hall–Kier alpha value is -2.19. The first kappa shape index (κ1) is 26.4. The van der Waals surface area contributed by atoms with Crippen molar-refractivity contribution in [1.29, 1.82) is 0 Å². The lowest BCUT2D eigenvalue weighted by Gasteiger charge is -2.36. The van der Waals surface area contributed by atoms with E-state index in [0.717, 1.165) is 32.1 Å². The van der Waals surface area contributed by atoms with Crippen molar-refractivity contribution < 1.29 is 29.0 Å². The normalized spacial score (nSPS) is 29.2. The van der Waals surface area contributed by atoms with E-state index in [1.54, 1.807) is 15.9 Å². The molecule has 34 heavy (non-hydrogen) atoms. The molecule has 3 rings (SSSR count). The molecule has 2 bridgehead atoms. The monoisotopic (exact) mass is 476 g/mol. The molecule has 3 fully saturated rings. The lowest BCUT2D eigenvalue weighted by atomic mass is 9.70. The highest BCUT2D eigenvalue weighted by Crippen LogP contribution is 2.58. The number of nitrogens with zero attached hydrogens (tertiary/aromatic N) is 2. The Bertz CT molecular complexity index is 770. The Labute approximate surface area is 202 Å². The number of carbonyl (C=O) groups excluding carboxylic acids is 3. The first-order chi connectivity index (χ1) is 16.5. The maximum atomic E-state index is 13.9. The number of likely N-dealkylation sites (tertiary alicyclic amines) is 1. The van der Waals surface area contributed by atoms with Gasteiger partial charge in [-0.25, -0.2) is 0 Å². The summed E-state index contributed by atoms with van der Waals surface area (Å²) in [6, 6.07) is -0.802. The van der Waals surface area contributed by atoms with Crippen molar-refractivity contribution in [1.82, 2.24) is 9.80 Å². The second kappa shape index (κ2) is 12.0. The third-order valence-corrected chi connectivity index (χ3v) is 7.35. The average Bonchev–Trinajstić information content (AvgIpc) is 3.47. The quantitative estimate of drug-likeness (QED) is 0.222. The molecule has 190 valence electrons. The highest BCUT2D eigenvalue weighted by atomic mass is 16.6. The van der Waals surface area contributed by atoms with Crippen LogP contribution in [0.2, 0.25) is 0 Å². The standard InChI is InChI=1S/C26H40N2O6/c1-4-7-9-10-18-33-25(32)20-19-12-13-26(34-19)21(20)23(30)28(16-11-17-29)22(26)24(31)27(14-6-3)15-8-5-2/h4,6,19-22,29H,1,3,5,7-18H2,2H3/t19-,20+,21-,22?,26?/m0/s1. The summed E-state index contributed by atoms with van der Waals surface area (Å²) >= 11 is 0. The molecule has 3 saturated heterocycles. The van der Waals surface area contributed by atoms with Gasteiger partial charge >= 0.3 is 5.97 Å². The molecule has 3 heterocycles. The zero-order chi connectivity index (χ0) is 24.7. The van der Waals surface area contributed by atoms with Crippen LogP contribution in [0.4, 0.5) is 0 Å². The molecule has 1 spiro atoms. The van der Waals surface area contributed by atoms with Crippen LogP contribution in [0.5, 0.6) is 0 Å². The number of ether oxygens (including phenoxy) is 2. The molecule has 8 heteroatoms. The molecule has 8 nitrogen and oxygen atoms in total. The first-order valence-electron chi connectivity index (χ1n) is 12.7. The number of hydrogen-bond donors (Lipinski definition) is 1. The molecular weight excluding hydrogens is 436 g/mol. The van der Waals surface area contributed by atoms with Crippen molar-refractivity contribution in [2.45, 2.75) is 76.0 Å². The van der Waals surface area contributed by atoms with Crippen LogP contribution >= 0.6 is 0 Å². The van der Waals surface area contributed by atoms with Crippen LogP contribution in [0, 0.1) is 11.8 Å². The van der Waals surface area contributed by atoms with Crippen molar-refractivity contribution in [3.8, 4) is 0 Å².